The lowest BCUT2D eigenvalue weighted by atomic mass is 9.94. The summed E-state index contributed by atoms with van der Waals surface area (Å²) in [5.74, 6) is 1.51. The van der Waals surface area contributed by atoms with Crippen molar-refractivity contribution in [3.8, 4) is 0 Å². The highest BCUT2D eigenvalue weighted by Crippen LogP contribution is 2.17. The maximum absolute atomic E-state index is 5.45. The summed E-state index contributed by atoms with van der Waals surface area (Å²) in [6.45, 7) is 8.52. The van der Waals surface area contributed by atoms with E-state index in [1.54, 1.807) is 0 Å². The minimum Gasteiger partial charge on any atom is -0.381 e. The van der Waals surface area contributed by atoms with Gasteiger partial charge in [-0.05, 0) is 24.8 Å². The Labute approximate surface area is 69.3 Å². The molecule has 2 heteroatoms. The van der Waals surface area contributed by atoms with Crippen LogP contribution in [0.3, 0.4) is 0 Å². The molecule has 1 N–H and O–H groups in total. The van der Waals surface area contributed by atoms with Crippen LogP contribution < -0.4 is 5.32 Å². The van der Waals surface area contributed by atoms with E-state index in [-0.39, 0.29) is 0 Å². The van der Waals surface area contributed by atoms with E-state index in [4.69, 9.17) is 4.74 Å². The van der Waals surface area contributed by atoms with E-state index >= 15 is 0 Å². The molecule has 1 aliphatic rings. The zero-order valence-electron chi connectivity index (χ0n) is 7.60. The molecule has 0 bridgehead atoms. The van der Waals surface area contributed by atoms with Crippen LogP contribution in [0.4, 0.5) is 0 Å². The molecule has 1 saturated heterocycles. The monoisotopic (exact) mass is 157 g/mol. The molecule has 0 aromatic heterocycles. The molecule has 1 heterocycles. The molecule has 1 fully saturated rings. The van der Waals surface area contributed by atoms with Crippen LogP contribution in [0.25, 0.3) is 0 Å². The second-order valence-corrected chi connectivity index (χ2v) is 3.55. The molecule has 66 valence electrons. The Hall–Kier alpha value is -0.0800. The van der Waals surface area contributed by atoms with Crippen LogP contribution in [0, 0.1) is 11.8 Å². The van der Waals surface area contributed by atoms with Gasteiger partial charge in [0.2, 0.25) is 0 Å². The topological polar surface area (TPSA) is 21.3 Å². The standard InChI is InChI=1S/C9H19NO/c1-3-10-5-9-4-8(2)6-11-7-9/h8-10H,3-7H2,1-2H3. The molecule has 0 aromatic carbocycles. The predicted molar refractivity (Wildman–Crippen MR) is 46.6 cm³/mol. The first-order chi connectivity index (χ1) is 5.33. The molecular formula is C9H19NO. The normalized spacial score (nSPS) is 32.2. The maximum Gasteiger partial charge on any atom is 0.0506 e. The van der Waals surface area contributed by atoms with E-state index in [9.17, 15) is 0 Å². The zero-order chi connectivity index (χ0) is 8.10. The quantitative estimate of drug-likeness (QED) is 0.666. The van der Waals surface area contributed by atoms with Crippen molar-refractivity contribution < 1.29 is 4.74 Å². The molecule has 2 atom stereocenters. The Morgan fingerprint density at radius 1 is 1.45 bits per heavy atom. The van der Waals surface area contributed by atoms with Gasteiger partial charge in [0.05, 0.1) is 6.61 Å². The summed E-state index contributed by atoms with van der Waals surface area (Å²) in [6.07, 6.45) is 1.33. The first kappa shape index (κ1) is 9.01. The van der Waals surface area contributed by atoms with Crippen LogP contribution >= 0.6 is 0 Å². The van der Waals surface area contributed by atoms with Crippen molar-refractivity contribution in [2.45, 2.75) is 20.3 Å². The highest BCUT2D eigenvalue weighted by molar-refractivity contribution is 4.69. The lowest BCUT2D eigenvalue weighted by Crippen LogP contribution is -2.32. The average Bonchev–Trinajstić information content (AvgIpc) is 2.01. The molecule has 1 rings (SSSR count). The molecular weight excluding hydrogens is 138 g/mol. The van der Waals surface area contributed by atoms with E-state index in [2.05, 4.69) is 19.2 Å². The van der Waals surface area contributed by atoms with Crippen LogP contribution in [0.15, 0.2) is 0 Å². The molecule has 11 heavy (non-hydrogen) atoms. The fraction of sp³-hybridized carbons (Fsp3) is 1.00. The largest absolute Gasteiger partial charge is 0.381 e. The van der Waals surface area contributed by atoms with Gasteiger partial charge in [0.25, 0.3) is 0 Å². The van der Waals surface area contributed by atoms with Crippen molar-refractivity contribution in [3.63, 3.8) is 0 Å². The third-order valence-corrected chi connectivity index (χ3v) is 2.17. The summed E-state index contributed by atoms with van der Waals surface area (Å²) < 4.78 is 5.45. The zero-order valence-corrected chi connectivity index (χ0v) is 7.60. The van der Waals surface area contributed by atoms with E-state index in [1.807, 2.05) is 0 Å². The first-order valence-electron chi connectivity index (χ1n) is 4.61. The Kier molecular flexibility index (Phi) is 3.87. The van der Waals surface area contributed by atoms with Crippen LogP contribution in [-0.4, -0.2) is 26.3 Å². The van der Waals surface area contributed by atoms with E-state index in [0.717, 1.165) is 38.1 Å². The van der Waals surface area contributed by atoms with Crippen LogP contribution in [0.1, 0.15) is 20.3 Å². The second kappa shape index (κ2) is 4.73. The van der Waals surface area contributed by atoms with Crippen molar-refractivity contribution in [2.75, 3.05) is 26.3 Å². The van der Waals surface area contributed by atoms with Gasteiger partial charge in [0.15, 0.2) is 0 Å². The predicted octanol–water partition coefficient (Wildman–Crippen LogP) is 1.27. The molecule has 0 aliphatic carbocycles. The van der Waals surface area contributed by atoms with Gasteiger partial charge in [-0.1, -0.05) is 13.8 Å². The molecule has 0 spiro atoms. The smallest absolute Gasteiger partial charge is 0.0506 e. The fourth-order valence-corrected chi connectivity index (χ4v) is 1.63. The van der Waals surface area contributed by atoms with Crippen molar-refractivity contribution >= 4 is 0 Å². The van der Waals surface area contributed by atoms with Gasteiger partial charge in [-0.15, -0.1) is 0 Å². The molecule has 1 aliphatic heterocycles. The summed E-state index contributed by atoms with van der Waals surface area (Å²) >= 11 is 0. The lowest BCUT2D eigenvalue weighted by molar-refractivity contribution is 0.0216. The summed E-state index contributed by atoms with van der Waals surface area (Å²) in [6, 6.07) is 0. The van der Waals surface area contributed by atoms with Crippen LogP contribution in [-0.2, 0) is 4.74 Å². The average molecular weight is 157 g/mol. The van der Waals surface area contributed by atoms with Crippen LogP contribution in [0.5, 0.6) is 0 Å². The molecule has 2 unspecified atom stereocenters. The van der Waals surface area contributed by atoms with Crippen LogP contribution in [0.2, 0.25) is 0 Å². The van der Waals surface area contributed by atoms with Gasteiger partial charge in [-0.3, -0.25) is 0 Å². The van der Waals surface area contributed by atoms with E-state index in [0.29, 0.717) is 0 Å². The van der Waals surface area contributed by atoms with Crippen molar-refractivity contribution in [2.24, 2.45) is 11.8 Å². The van der Waals surface area contributed by atoms with Gasteiger partial charge in [0.1, 0.15) is 0 Å². The Balaban J connectivity index is 2.12. The number of nitrogens with one attached hydrogen (secondary N) is 1. The third-order valence-electron chi connectivity index (χ3n) is 2.17. The Bertz CT molecular complexity index is 106. The SMILES string of the molecule is CCNCC1COCC(C)C1. The molecule has 2 nitrogen and oxygen atoms in total. The molecule has 0 amide bonds. The highest BCUT2D eigenvalue weighted by atomic mass is 16.5. The third kappa shape index (κ3) is 3.21. The molecule has 0 radical (unpaired) electrons. The van der Waals surface area contributed by atoms with Gasteiger partial charge >= 0.3 is 0 Å². The van der Waals surface area contributed by atoms with Gasteiger partial charge < -0.3 is 10.1 Å². The van der Waals surface area contributed by atoms with Crippen molar-refractivity contribution in [1.82, 2.24) is 5.32 Å². The lowest BCUT2D eigenvalue weighted by Gasteiger charge is -2.26. The van der Waals surface area contributed by atoms with E-state index < -0.39 is 0 Å². The minimum atomic E-state index is 0.749. The van der Waals surface area contributed by atoms with Crippen molar-refractivity contribution in [3.05, 3.63) is 0 Å². The number of hydrogen-bond donors (Lipinski definition) is 1. The van der Waals surface area contributed by atoms with Gasteiger partial charge in [0, 0.05) is 13.2 Å². The summed E-state index contributed by atoms with van der Waals surface area (Å²) in [7, 11) is 0. The molecule has 0 aromatic rings. The summed E-state index contributed by atoms with van der Waals surface area (Å²) in [5, 5.41) is 3.36. The Morgan fingerprint density at radius 2 is 2.27 bits per heavy atom. The van der Waals surface area contributed by atoms with Crippen molar-refractivity contribution in [1.29, 1.82) is 0 Å². The fourth-order valence-electron chi connectivity index (χ4n) is 1.63. The number of hydrogen-bond acceptors (Lipinski definition) is 2. The number of rotatable bonds is 3. The van der Waals surface area contributed by atoms with Gasteiger partial charge in [-0.2, -0.15) is 0 Å². The first-order valence-corrected chi connectivity index (χ1v) is 4.61. The maximum atomic E-state index is 5.45. The highest BCUT2D eigenvalue weighted by Gasteiger charge is 2.18. The van der Waals surface area contributed by atoms with Gasteiger partial charge in [-0.25, -0.2) is 0 Å². The minimum absolute atomic E-state index is 0.749. The second-order valence-electron chi connectivity index (χ2n) is 3.55. The summed E-state index contributed by atoms with van der Waals surface area (Å²) in [5.41, 5.74) is 0. The Morgan fingerprint density at radius 3 is 2.91 bits per heavy atom. The molecule has 0 saturated carbocycles. The summed E-state index contributed by atoms with van der Waals surface area (Å²) in [4.78, 5) is 0. The number of ether oxygens (including phenoxy) is 1. The van der Waals surface area contributed by atoms with E-state index in [1.165, 1.54) is 6.42 Å².